The molecule has 0 spiro atoms. The Morgan fingerprint density at radius 2 is 2.09 bits per heavy atom. The maximum absolute atomic E-state index is 5.11. The second-order valence-corrected chi connectivity index (χ2v) is 5.17. The molecule has 2 saturated carbocycles. The summed E-state index contributed by atoms with van der Waals surface area (Å²) in [4.78, 5) is 0. The Morgan fingerprint density at radius 3 is 2.36 bits per heavy atom. The van der Waals surface area contributed by atoms with Crippen LogP contribution in [0.25, 0.3) is 0 Å². The second kappa shape index (κ2) is 2.46. The van der Waals surface area contributed by atoms with E-state index in [0.29, 0.717) is 5.92 Å². The van der Waals surface area contributed by atoms with E-state index in [1.807, 2.05) is 0 Å². The van der Waals surface area contributed by atoms with Crippen LogP contribution in [-0.2, 0) is 0 Å². The molecular formula is C9H14S2. The van der Waals surface area contributed by atoms with Crippen LogP contribution >= 0.6 is 24.8 Å². The van der Waals surface area contributed by atoms with Gasteiger partial charge in [0.2, 0.25) is 0 Å². The van der Waals surface area contributed by atoms with Crippen molar-refractivity contribution in [3.8, 4) is 0 Å². The van der Waals surface area contributed by atoms with Crippen LogP contribution < -0.4 is 0 Å². The number of hydrogen-bond acceptors (Lipinski definition) is 1. The summed E-state index contributed by atoms with van der Waals surface area (Å²) in [6.45, 7) is 4.57. The second-order valence-electron chi connectivity index (χ2n) is 3.94. The molecule has 0 aromatic carbocycles. The summed E-state index contributed by atoms with van der Waals surface area (Å²) in [5.74, 6) is 4.64. The quantitative estimate of drug-likeness (QED) is 0.522. The van der Waals surface area contributed by atoms with E-state index in [9.17, 15) is 0 Å². The Morgan fingerprint density at radius 1 is 1.55 bits per heavy atom. The normalized spacial score (nSPS) is 47.9. The number of fused-ring (bicyclic) bond motifs is 1. The number of thiol groups is 1. The first-order valence-electron chi connectivity index (χ1n) is 4.41. The molecule has 0 saturated heterocycles. The monoisotopic (exact) mass is 186 g/mol. The molecular weight excluding hydrogens is 172 g/mol. The third-order valence-electron chi connectivity index (χ3n) is 3.49. The molecule has 2 aliphatic rings. The summed E-state index contributed by atoms with van der Waals surface area (Å²) in [6.07, 6.45) is 1.19. The largest absolute Gasteiger partial charge is 0.136 e. The Kier molecular flexibility index (Phi) is 1.80. The van der Waals surface area contributed by atoms with Gasteiger partial charge >= 0.3 is 0 Å². The zero-order valence-corrected chi connectivity index (χ0v) is 8.66. The van der Waals surface area contributed by atoms with E-state index in [1.54, 1.807) is 0 Å². The molecule has 3 atom stereocenters. The predicted octanol–water partition coefficient (Wildman–Crippen LogP) is 2.78. The molecule has 0 amide bonds. The van der Waals surface area contributed by atoms with E-state index >= 15 is 0 Å². The maximum atomic E-state index is 5.11. The molecule has 2 heteroatoms. The summed E-state index contributed by atoms with van der Waals surface area (Å²) in [5, 5.41) is 0. The lowest BCUT2D eigenvalue weighted by molar-refractivity contribution is 0.416. The smallest absolute Gasteiger partial charge is 0.0481 e. The molecule has 0 bridgehead atoms. The molecule has 11 heavy (non-hydrogen) atoms. The van der Waals surface area contributed by atoms with Gasteiger partial charge in [-0.05, 0) is 30.1 Å². The zero-order valence-electron chi connectivity index (χ0n) is 6.95. The number of thiocarbonyl (C=S) groups is 1. The Hall–Kier alpha value is 0.440. The van der Waals surface area contributed by atoms with E-state index in [4.69, 9.17) is 12.2 Å². The third kappa shape index (κ3) is 1.06. The molecule has 0 radical (unpaired) electrons. The molecule has 2 fully saturated rings. The van der Waals surface area contributed by atoms with E-state index < -0.39 is 0 Å². The number of rotatable bonds is 3. The highest BCUT2D eigenvalue weighted by atomic mass is 32.1. The van der Waals surface area contributed by atoms with Gasteiger partial charge in [0.05, 0.1) is 0 Å². The molecule has 0 aromatic heterocycles. The first-order chi connectivity index (χ1) is 5.18. The van der Waals surface area contributed by atoms with Crippen molar-refractivity contribution in [2.45, 2.75) is 20.3 Å². The van der Waals surface area contributed by atoms with Gasteiger partial charge in [-0.15, -0.1) is 12.6 Å². The molecule has 62 valence electrons. The highest BCUT2D eigenvalue weighted by Crippen LogP contribution is 2.75. The van der Waals surface area contributed by atoms with Crippen LogP contribution in [0.3, 0.4) is 0 Å². The SMILES string of the molecule is CCC(C(=S)S)C1C2C(C)C12. The van der Waals surface area contributed by atoms with Gasteiger partial charge in [0.25, 0.3) is 0 Å². The lowest BCUT2D eigenvalue weighted by Crippen LogP contribution is -2.15. The minimum absolute atomic E-state index is 0.638. The summed E-state index contributed by atoms with van der Waals surface area (Å²) < 4.78 is 0.942. The maximum Gasteiger partial charge on any atom is 0.0481 e. The van der Waals surface area contributed by atoms with Gasteiger partial charge in [0.1, 0.15) is 0 Å². The third-order valence-corrected chi connectivity index (χ3v) is 4.12. The first-order valence-corrected chi connectivity index (χ1v) is 5.26. The van der Waals surface area contributed by atoms with E-state index in [-0.39, 0.29) is 0 Å². The van der Waals surface area contributed by atoms with Crippen molar-refractivity contribution >= 4 is 29.0 Å². The van der Waals surface area contributed by atoms with Crippen molar-refractivity contribution in [2.24, 2.45) is 29.6 Å². The predicted molar refractivity (Wildman–Crippen MR) is 55.0 cm³/mol. The van der Waals surface area contributed by atoms with Crippen molar-refractivity contribution in [1.29, 1.82) is 0 Å². The average molecular weight is 186 g/mol. The summed E-state index contributed by atoms with van der Waals surface area (Å²) in [5.41, 5.74) is 0. The van der Waals surface area contributed by atoms with Gasteiger partial charge in [0.15, 0.2) is 0 Å². The van der Waals surface area contributed by atoms with Crippen molar-refractivity contribution < 1.29 is 0 Å². The molecule has 3 unspecified atom stereocenters. The Balaban J connectivity index is 1.91. The van der Waals surface area contributed by atoms with Crippen molar-refractivity contribution in [3.05, 3.63) is 0 Å². The first kappa shape index (κ1) is 8.06. The fraction of sp³-hybridized carbons (Fsp3) is 0.889. The Bertz CT molecular complexity index is 190. The molecule has 0 aliphatic heterocycles. The zero-order chi connectivity index (χ0) is 8.17. The van der Waals surface area contributed by atoms with Gasteiger partial charge < -0.3 is 0 Å². The summed E-state index contributed by atoms with van der Waals surface area (Å²) in [7, 11) is 0. The van der Waals surface area contributed by atoms with Crippen LogP contribution in [0.2, 0.25) is 0 Å². The van der Waals surface area contributed by atoms with Crippen LogP contribution in [0.5, 0.6) is 0 Å². The fourth-order valence-electron chi connectivity index (χ4n) is 2.61. The highest BCUT2D eigenvalue weighted by molar-refractivity contribution is 8.11. The van der Waals surface area contributed by atoms with E-state index in [1.165, 1.54) is 6.42 Å². The van der Waals surface area contributed by atoms with Gasteiger partial charge in [0, 0.05) is 10.1 Å². The molecule has 0 aromatic rings. The summed E-state index contributed by atoms with van der Waals surface area (Å²) >= 11 is 9.38. The van der Waals surface area contributed by atoms with E-state index in [2.05, 4.69) is 26.5 Å². The minimum Gasteiger partial charge on any atom is -0.136 e. The van der Waals surface area contributed by atoms with Crippen molar-refractivity contribution in [1.82, 2.24) is 0 Å². The van der Waals surface area contributed by atoms with Crippen LogP contribution in [0.4, 0.5) is 0 Å². The summed E-state index contributed by atoms with van der Waals surface area (Å²) in [6, 6.07) is 0. The van der Waals surface area contributed by atoms with Crippen molar-refractivity contribution in [2.75, 3.05) is 0 Å². The van der Waals surface area contributed by atoms with Crippen LogP contribution in [0.15, 0.2) is 0 Å². The lowest BCUT2D eigenvalue weighted by atomic mass is 9.92. The standard InChI is InChI=1S/C9H14S2/c1-3-5(9(10)11)8-6-4(2)7(6)8/h4-8H,3H2,1-2H3,(H,10,11). The minimum atomic E-state index is 0.638. The van der Waals surface area contributed by atoms with Gasteiger partial charge in [-0.2, -0.15) is 0 Å². The van der Waals surface area contributed by atoms with Crippen molar-refractivity contribution in [3.63, 3.8) is 0 Å². The fourth-order valence-corrected chi connectivity index (χ4v) is 3.29. The van der Waals surface area contributed by atoms with Gasteiger partial charge in [-0.25, -0.2) is 0 Å². The van der Waals surface area contributed by atoms with Crippen LogP contribution in [0.1, 0.15) is 20.3 Å². The molecule has 2 rings (SSSR count). The molecule has 0 heterocycles. The van der Waals surface area contributed by atoms with Gasteiger partial charge in [-0.3, -0.25) is 0 Å². The Labute approximate surface area is 79.2 Å². The lowest BCUT2D eigenvalue weighted by Gasteiger charge is -2.17. The molecule has 2 aliphatic carbocycles. The van der Waals surface area contributed by atoms with Crippen LogP contribution in [-0.4, -0.2) is 4.20 Å². The van der Waals surface area contributed by atoms with E-state index in [0.717, 1.165) is 27.9 Å². The number of hydrogen-bond donors (Lipinski definition) is 1. The highest BCUT2D eigenvalue weighted by Gasteiger charge is 2.72. The average Bonchev–Trinajstić information content (AvgIpc) is 2.78. The van der Waals surface area contributed by atoms with Crippen LogP contribution in [0, 0.1) is 29.6 Å². The van der Waals surface area contributed by atoms with Gasteiger partial charge in [-0.1, -0.05) is 26.1 Å². The molecule has 0 N–H and O–H groups in total. The molecule has 0 nitrogen and oxygen atoms in total. The topological polar surface area (TPSA) is 0 Å².